The Balaban J connectivity index is 1.84. The van der Waals surface area contributed by atoms with Gasteiger partial charge in [0, 0.05) is 34.6 Å². The Morgan fingerprint density at radius 3 is 2.96 bits per heavy atom. The van der Waals surface area contributed by atoms with E-state index in [-0.39, 0.29) is 11.7 Å². The van der Waals surface area contributed by atoms with Gasteiger partial charge in [-0.3, -0.25) is 4.79 Å². The Morgan fingerprint density at radius 1 is 1.28 bits per heavy atom. The van der Waals surface area contributed by atoms with E-state index in [9.17, 15) is 9.18 Å². The van der Waals surface area contributed by atoms with Crippen molar-refractivity contribution in [2.75, 3.05) is 24.2 Å². The third-order valence-electron chi connectivity index (χ3n) is 4.32. The Kier molecular flexibility index (Phi) is 4.39. The average molecular weight is 372 g/mol. The standard InChI is InChI=1S/C19H17FN2OS2/c1-24-14-5-6-16-15(10-14)17-18(25-16)19(23)21-7-8-22(17)11-12-3-2-4-13(20)9-12/h2-6,9-10H,7-8,11H2,1H3,(H,21,23). The van der Waals surface area contributed by atoms with Crippen LogP contribution in [0.15, 0.2) is 47.4 Å². The van der Waals surface area contributed by atoms with E-state index < -0.39 is 0 Å². The normalized spacial score (nSPS) is 14.3. The van der Waals surface area contributed by atoms with Gasteiger partial charge >= 0.3 is 0 Å². The van der Waals surface area contributed by atoms with Crippen LogP contribution in [0.4, 0.5) is 10.1 Å². The molecule has 3 nitrogen and oxygen atoms in total. The maximum atomic E-state index is 13.6. The lowest BCUT2D eigenvalue weighted by atomic mass is 10.1. The molecule has 2 aromatic carbocycles. The Bertz CT molecular complexity index is 954. The molecule has 128 valence electrons. The van der Waals surface area contributed by atoms with Crippen molar-refractivity contribution in [3.05, 3.63) is 58.7 Å². The van der Waals surface area contributed by atoms with E-state index in [0.717, 1.165) is 26.2 Å². The van der Waals surface area contributed by atoms with Crippen LogP contribution in [0.3, 0.4) is 0 Å². The van der Waals surface area contributed by atoms with Crippen molar-refractivity contribution < 1.29 is 9.18 Å². The van der Waals surface area contributed by atoms with Gasteiger partial charge in [0.2, 0.25) is 0 Å². The summed E-state index contributed by atoms with van der Waals surface area (Å²) in [5, 5.41) is 4.07. The molecule has 0 atom stereocenters. The second-order valence-corrected chi connectivity index (χ2v) is 7.88. The summed E-state index contributed by atoms with van der Waals surface area (Å²) in [5.74, 6) is -0.259. The molecule has 0 spiro atoms. The van der Waals surface area contributed by atoms with Gasteiger partial charge in [0.1, 0.15) is 10.7 Å². The van der Waals surface area contributed by atoms with Crippen LogP contribution in [-0.4, -0.2) is 25.3 Å². The highest BCUT2D eigenvalue weighted by Gasteiger charge is 2.26. The molecule has 0 fully saturated rings. The van der Waals surface area contributed by atoms with Crippen molar-refractivity contribution in [3.63, 3.8) is 0 Å². The molecule has 0 aliphatic carbocycles. The number of fused-ring (bicyclic) bond motifs is 3. The average Bonchev–Trinajstić information content (AvgIpc) is 2.92. The second-order valence-electron chi connectivity index (χ2n) is 5.95. The highest BCUT2D eigenvalue weighted by Crippen LogP contribution is 2.41. The number of nitrogens with one attached hydrogen (secondary N) is 1. The molecule has 0 saturated carbocycles. The highest BCUT2D eigenvalue weighted by molar-refractivity contribution is 7.98. The molecule has 1 aliphatic heterocycles. The summed E-state index contributed by atoms with van der Waals surface area (Å²) in [4.78, 5) is 16.6. The van der Waals surface area contributed by atoms with Crippen molar-refractivity contribution in [2.45, 2.75) is 11.4 Å². The lowest BCUT2D eigenvalue weighted by Crippen LogP contribution is -2.29. The van der Waals surface area contributed by atoms with Gasteiger partial charge < -0.3 is 10.2 Å². The van der Waals surface area contributed by atoms with E-state index in [2.05, 4.69) is 28.4 Å². The number of halogens is 1. The van der Waals surface area contributed by atoms with Crippen molar-refractivity contribution in [3.8, 4) is 0 Å². The molecule has 1 aliphatic rings. The summed E-state index contributed by atoms with van der Waals surface area (Å²) < 4.78 is 14.7. The molecular weight excluding hydrogens is 355 g/mol. The summed E-state index contributed by atoms with van der Waals surface area (Å²) >= 11 is 3.21. The fourth-order valence-corrected chi connectivity index (χ4v) is 4.73. The minimum absolute atomic E-state index is 0.0244. The molecule has 0 saturated heterocycles. The van der Waals surface area contributed by atoms with E-state index in [1.54, 1.807) is 23.9 Å². The number of hydrogen-bond acceptors (Lipinski definition) is 4. The van der Waals surface area contributed by atoms with Crippen LogP contribution in [0.1, 0.15) is 15.2 Å². The quantitative estimate of drug-likeness (QED) is 0.687. The van der Waals surface area contributed by atoms with Crippen molar-refractivity contribution in [2.24, 2.45) is 0 Å². The fourth-order valence-electron chi connectivity index (χ4n) is 3.17. The van der Waals surface area contributed by atoms with Gasteiger partial charge in [0.05, 0.1) is 5.69 Å². The number of thiophene rings is 1. The van der Waals surface area contributed by atoms with Gasteiger partial charge in [0.15, 0.2) is 0 Å². The number of benzene rings is 2. The summed E-state index contributed by atoms with van der Waals surface area (Å²) in [7, 11) is 0. The fraction of sp³-hybridized carbons (Fsp3) is 0.211. The highest BCUT2D eigenvalue weighted by atomic mass is 32.2. The van der Waals surface area contributed by atoms with E-state index in [0.29, 0.717) is 19.6 Å². The lowest BCUT2D eigenvalue weighted by Gasteiger charge is -2.23. The van der Waals surface area contributed by atoms with Crippen molar-refractivity contribution in [1.29, 1.82) is 0 Å². The first-order valence-electron chi connectivity index (χ1n) is 8.04. The second kappa shape index (κ2) is 6.69. The lowest BCUT2D eigenvalue weighted by molar-refractivity contribution is 0.0962. The first kappa shape index (κ1) is 16.4. The van der Waals surface area contributed by atoms with Gasteiger partial charge in [-0.05, 0) is 42.2 Å². The van der Waals surface area contributed by atoms with Crippen LogP contribution in [0.5, 0.6) is 0 Å². The Morgan fingerprint density at radius 2 is 2.16 bits per heavy atom. The molecule has 0 bridgehead atoms. The monoisotopic (exact) mass is 372 g/mol. The van der Waals surface area contributed by atoms with Crippen LogP contribution < -0.4 is 10.2 Å². The number of thioether (sulfide) groups is 1. The molecule has 6 heteroatoms. The smallest absolute Gasteiger partial charge is 0.263 e. The minimum Gasteiger partial charge on any atom is -0.364 e. The predicted molar refractivity (Wildman–Crippen MR) is 103 cm³/mol. The third kappa shape index (κ3) is 3.12. The first-order valence-corrected chi connectivity index (χ1v) is 10.1. The number of nitrogens with zero attached hydrogens (tertiary/aromatic N) is 1. The van der Waals surface area contributed by atoms with E-state index in [1.807, 2.05) is 12.3 Å². The van der Waals surface area contributed by atoms with Gasteiger partial charge in [-0.15, -0.1) is 23.1 Å². The molecule has 4 rings (SSSR count). The molecule has 1 amide bonds. The molecule has 0 unspecified atom stereocenters. The van der Waals surface area contributed by atoms with Crippen LogP contribution in [0.25, 0.3) is 10.1 Å². The molecule has 1 N–H and O–H groups in total. The van der Waals surface area contributed by atoms with E-state index >= 15 is 0 Å². The minimum atomic E-state index is -0.235. The van der Waals surface area contributed by atoms with Crippen LogP contribution in [-0.2, 0) is 6.54 Å². The summed E-state index contributed by atoms with van der Waals surface area (Å²) in [6.45, 7) is 1.86. The van der Waals surface area contributed by atoms with E-state index in [4.69, 9.17) is 0 Å². The largest absolute Gasteiger partial charge is 0.364 e. The van der Waals surface area contributed by atoms with Crippen LogP contribution in [0, 0.1) is 5.82 Å². The zero-order valence-electron chi connectivity index (χ0n) is 13.7. The number of amides is 1. The number of carbonyl (C=O) groups excluding carboxylic acids is 1. The molecule has 25 heavy (non-hydrogen) atoms. The van der Waals surface area contributed by atoms with Gasteiger partial charge in [0.25, 0.3) is 5.91 Å². The number of carbonyl (C=O) groups is 1. The number of rotatable bonds is 3. The van der Waals surface area contributed by atoms with Crippen molar-refractivity contribution >= 4 is 44.8 Å². The summed E-state index contributed by atoms with van der Waals surface area (Å²) in [5.41, 5.74) is 1.87. The molecule has 2 heterocycles. The molecule has 0 radical (unpaired) electrons. The SMILES string of the molecule is CSc1ccc2sc3c(c2c1)N(Cc1cccc(F)c1)CCNC3=O. The first-order chi connectivity index (χ1) is 12.2. The van der Waals surface area contributed by atoms with Crippen LogP contribution >= 0.6 is 23.1 Å². The van der Waals surface area contributed by atoms with E-state index in [1.165, 1.54) is 22.3 Å². The summed E-state index contributed by atoms with van der Waals surface area (Å²) in [6, 6.07) is 13.0. The zero-order chi connectivity index (χ0) is 17.4. The molecular formula is C19H17FN2OS2. The topological polar surface area (TPSA) is 32.3 Å². The maximum absolute atomic E-state index is 13.6. The summed E-state index contributed by atoms with van der Waals surface area (Å²) in [6.07, 6.45) is 2.05. The van der Waals surface area contributed by atoms with Crippen molar-refractivity contribution in [1.82, 2.24) is 5.32 Å². The van der Waals surface area contributed by atoms with Crippen LogP contribution in [0.2, 0.25) is 0 Å². The predicted octanol–water partition coefficient (Wildman–Crippen LogP) is 4.51. The zero-order valence-corrected chi connectivity index (χ0v) is 15.3. The number of hydrogen-bond donors (Lipinski definition) is 1. The number of anilines is 1. The third-order valence-corrected chi connectivity index (χ3v) is 6.21. The Hall–Kier alpha value is -2.05. The molecule has 3 aromatic rings. The van der Waals surface area contributed by atoms with Gasteiger partial charge in [-0.25, -0.2) is 4.39 Å². The maximum Gasteiger partial charge on any atom is 0.263 e. The Labute approximate surface area is 153 Å². The van der Waals surface area contributed by atoms with Gasteiger partial charge in [-0.2, -0.15) is 0 Å². The van der Waals surface area contributed by atoms with Gasteiger partial charge in [-0.1, -0.05) is 12.1 Å². The molecule has 1 aromatic heterocycles.